The lowest BCUT2D eigenvalue weighted by molar-refractivity contribution is 0.0714. The van der Waals surface area contributed by atoms with Gasteiger partial charge in [0.15, 0.2) is 5.76 Å². The number of carbonyl (C=O) groups excluding carboxylic acids is 2. The van der Waals surface area contributed by atoms with Crippen molar-refractivity contribution in [2.45, 2.75) is 32.4 Å². The first kappa shape index (κ1) is 21.9. The van der Waals surface area contributed by atoms with Gasteiger partial charge in [0.25, 0.3) is 11.8 Å². The van der Waals surface area contributed by atoms with Crippen LogP contribution in [0.1, 0.15) is 45.2 Å². The molecule has 2 aromatic heterocycles. The molecule has 0 radical (unpaired) electrons. The number of aryl methyl sites for hydroxylation is 1. The van der Waals surface area contributed by atoms with E-state index in [-0.39, 0.29) is 30.2 Å². The number of rotatable bonds is 7. The molecular weight excluding hydrogens is 456 g/mol. The van der Waals surface area contributed by atoms with E-state index in [0.717, 1.165) is 24.0 Å². The van der Waals surface area contributed by atoms with Crippen molar-refractivity contribution in [3.05, 3.63) is 88.7 Å². The largest absolute Gasteiger partial charge is 0.459 e. The van der Waals surface area contributed by atoms with Gasteiger partial charge in [-0.2, -0.15) is 0 Å². The van der Waals surface area contributed by atoms with Gasteiger partial charge in [0, 0.05) is 27.9 Å². The second-order valence-corrected chi connectivity index (χ2v) is 8.57. The van der Waals surface area contributed by atoms with Crippen LogP contribution in [0, 0.1) is 6.92 Å². The van der Waals surface area contributed by atoms with Crippen molar-refractivity contribution >= 4 is 29.1 Å². The minimum atomic E-state index is -0.377. The Morgan fingerprint density at radius 3 is 2.62 bits per heavy atom. The van der Waals surface area contributed by atoms with E-state index >= 15 is 0 Å². The molecule has 0 bridgehead atoms. The Morgan fingerprint density at radius 1 is 1.12 bits per heavy atom. The van der Waals surface area contributed by atoms with Gasteiger partial charge < -0.3 is 19.1 Å². The van der Waals surface area contributed by atoms with Crippen molar-refractivity contribution in [1.82, 2.24) is 15.1 Å². The number of amides is 2. The molecule has 4 aromatic rings. The number of anilines is 1. The fourth-order valence-electron chi connectivity index (χ4n) is 3.57. The summed E-state index contributed by atoms with van der Waals surface area (Å²) in [5, 5.41) is 11.7. The van der Waals surface area contributed by atoms with Crippen LogP contribution in [-0.2, 0) is 6.54 Å². The third-order valence-corrected chi connectivity index (χ3v) is 5.84. The monoisotopic (exact) mass is 476 g/mol. The second kappa shape index (κ2) is 9.15. The zero-order valence-electron chi connectivity index (χ0n) is 18.3. The molecule has 34 heavy (non-hydrogen) atoms. The van der Waals surface area contributed by atoms with Gasteiger partial charge in [-0.05, 0) is 73.9 Å². The molecule has 2 heterocycles. The van der Waals surface area contributed by atoms with Crippen LogP contribution in [0.15, 0.2) is 69.7 Å². The van der Waals surface area contributed by atoms with Crippen LogP contribution in [0.3, 0.4) is 0 Å². The maximum absolute atomic E-state index is 13.4. The molecule has 1 saturated carbocycles. The third kappa shape index (κ3) is 4.72. The SMILES string of the molecule is Cc1ccc(C(=O)N(Cc2nnc(-c3ccc(Cl)cc3)o2)C2CC2)cc1NC(=O)c1ccco1. The number of nitrogens with one attached hydrogen (secondary N) is 1. The lowest BCUT2D eigenvalue weighted by atomic mass is 10.1. The summed E-state index contributed by atoms with van der Waals surface area (Å²) in [6, 6.07) is 15.7. The number of carbonyl (C=O) groups is 2. The van der Waals surface area contributed by atoms with Gasteiger partial charge >= 0.3 is 0 Å². The summed E-state index contributed by atoms with van der Waals surface area (Å²) in [5.41, 5.74) is 2.59. The fraction of sp³-hybridized carbons (Fsp3) is 0.200. The van der Waals surface area contributed by atoms with Gasteiger partial charge in [-0.3, -0.25) is 9.59 Å². The molecule has 1 N–H and O–H groups in total. The molecule has 2 amide bonds. The van der Waals surface area contributed by atoms with Crippen molar-refractivity contribution in [2.24, 2.45) is 0 Å². The molecule has 5 rings (SSSR count). The van der Waals surface area contributed by atoms with Gasteiger partial charge in [-0.15, -0.1) is 10.2 Å². The van der Waals surface area contributed by atoms with Crippen LogP contribution in [0.25, 0.3) is 11.5 Å². The van der Waals surface area contributed by atoms with Crippen molar-refractivity contribution in [3.8, 4) is 11.5 Å². The number of hydrogen-bond acceptors (Lipinski definition) is 6. The van der Waals surface area contributed by atoms with Gasteiger partial charge in [0.05, 0.1) is 12.8 Å². The fourth-order valence-corrected chi connectivity index (χ4v) is 3.70. The first-order valence-corrected chi connectivity index (χ1v) is 11.2. The average Bonchev–Trinajstić information content (AvgIpc) is 3.31. The molecule has 0 atom stereocenters. The van der Waals surface area contributed by atoms with Gasteiger partial charge in [0.2, 0.25) is 11.8 Å². The molecule has 1 aliphatic carbocycles. The maximum Gasteiger partial charge on any atom is 0.291 e. The second-order valence-electron chi connectivity index (χ2n) is 8.13. The summed E-state index contributed by atoms with van der Waals surface area (Å²) >= 11 is 5.94. The lowest BCUT2D eigenvalue weighted by Crippen LogP contribution is -2.32. The highest BCUT2D eigenvalue weighted by Gasteiger charge is 2.34. The molecule has 9 heteroatoms. The number of halogens is 1. The number of benzene rings is 2. The van der Waals surface area contributed by atoms with E-state index in [1.807, 2.05) is 6.92 Å². The summed E-state index contributed by atoms with van der Waals surface area (Å²) in [7, 11) is 0. The summed E-state index contributed by atoms with van der Waals surface area (Å²) in [5.74, 6) is 0.375. The Labute approximate surface area is 200 Å². The van der Waals surface area contributed by atoms with Crippen molar-refractivity contribution < 1.29 is 18.4 Å². The Morgan fingerprint density at radius 2 is 1.91 bits per heavy atom. The molecule has 2 aromatic carbocycles. The molecule has 172 valence electrons. The average molecular weight is 477 g/mol. The van der Waals surface area contributed by atoms with Crippen LogP contribution in [-0.4, -0.2) is 33.0 Å². The predicted octanol–water partition coefficient (Wildman–Crippen LogP) is 5.35. The summed E-state index contributed by atoms with van der Waals surface area (Å²) < 4.78 is 11.0. The molecule has 8 nitrogen and oxygen atoms in total. The maximum atomic E-state index is 13.4. The van der Waals surface area contributed by atoms with E-state index in [9.17, 15) is 9.59 Å². The summed E-state index contributed by atoms with van der Waals surface area (Å²) in [6.45, 7) is 2.06. The summed E-state index contributed by atoms with van der Waals surface area (Å²) in [4.78, 5) is 27.6. The van der Waals surface area contributed by atoms with Crippen molar-refractivity contribution in [2.75, 3.05) is 5.32 Å². The van der Waals surface area contributed by atoms with Crippen LogP contribution >= 0.6 is 11.6 Å². The standard InChI is InChI=1S/C25H21ClN4O4/c1-15-4-5-17(13-20(15)27-23(31)21-3-2-12-33-21)25(32)30(19-10-11-19)14-22-28-29-24(34-22)16-6-8-18(26)9-7-16/h2-9,12-13,19H,10-11,14H2,1H3,(H,27,31). The Kier molecular flexibility index (Phi) is 5.90. The smallest absolute Gasteiger partial charge is 0.291 e. The highest BCUT2D eigenvalue weighted by Crippen LogP contribution is 2.31. The van der Waals surface area contributed by atoms with Crippen LogP contribution in [0.4, 0.5) is 5.69 Å². The third-order valence-electron chi connectivity index (χ3n) is 5.59. The Hall–Kier alpha value is -3.91. The van der Waals surface area contributed by atoms with Crippen LogP contribution in [0.2, 0.25) is 5.02 Å². The topological polar surface area (TPSA) is 101 Å². The van der Waals surface area contributed by atoms with E-state index in [1.54, 1.807) is 59.5 Å². The molecule has 1 fully saturated rings. The van der Waals surface area contributed by atoms with E-state index in [0.29, 0.717) is 28.1 Å². The summed E-state index contributed by atoms with van der Waals surface area (Å²) in [6.07, 6.45) is 3.26. The van der Waals surface area contributed by atoms with Crippen molar-refractivity contribution in [1.29, 1.82) is 0 Å². The Bertz CT molecular complexity index is 1330. The van der Waals surface area contributed by atoms with Gasteiger partial charge in [-0.25, -0.2) is 0 Å². The normalized spacial score (nSPS) is 13.0. The number of furan rings is 1. The zero-order chi connectivity index (χ0) is 23.7. The molecule has 0 unspecified atom stereocenters. The molecule has 0 spiro atoms. The van der Waals surface area contributed by atoms with E-state index in [1.165, 1.54) is 6.26 Å². The van der Waals surface area contributed by atoms with E-state index in [4.69, 9.17) is 20.4 Å². The first-order chi connectivity index (χ1) is 16.5. The molecular formula is C25H21ClN4O4. The van der Waals surface area contributed by atoms with Gasteiger partial charge in [0.1, 0.15) is 0 Å². The minimum Gasteiger partial charge on any atom is -0.459 e. The predicted molar refractivity (Wildman–Crippen MR) is 125 cm³/mol. The number of hydrogen-bond donors (Lipinski definition) is 1. The molecule has 0 aliphatic heterocycles. The minimum absolute atomic E-state index is 0.112. The zero-order valence-corrected chi connectivity index (χ0v) is 19.1. The highest BCUT2D eigenvalue weighted by molar-refractivity contribution is 6.30. The van der Waals surface area contributed by atoms with Crippen LogP contribution < -0.4 is 5.32 Å². The number of nitrogens with zero attached hydrogens (tertiary/aromatic N) is 3. The van der Waals surface area contributed by atoms with E-state index in [2.05, 4.69) is 15.5 Å². The van der Waals surface area contributed by atoms with Gasteiger partial charge in [-0.1, -0.05) is 17.7 Å². The van der Waals surface area contributed by atoms with Crippen LogP contribution in [0.5, 0.6) is 0 Å². The molecule has 1 aliphatic rings. The highest BCUT2D eigenvalue weighted by atomic mass is 35.5. The quantitative estimate of drug-likeness (QED) is 0.386. The van der Waals surface area contributed by atoms with Crippen molar-refractivity contribution in [3.63, 3.8) is 0 Å². The number of aromatic nitrogens is 2. The van der Waals surface area contributed by atoms with E-state index < -0.39 is 0 Å². The Balaban J connectivity index is 1.34. The molecule has 0 saturated heterocycles. The lowest BCUT2D eigenvalue weighted by Gasteiger charge is -2.21. The first-order valence-electron chi connectivity index (χ1n) is 10.8.